The fraction of sp³-hybridized carbons (Fsp3) is 0.583. The van der Waals surface area contributed by atoms with Crippen molar-refractivity contribution in [2.24, 2.45) is 11.5 Å². The van der Waals surface area contributed by atoms with Crippen LogP contribution in [0.3, 0.4) is 0 Å². The van der Waals surface area contributed by atoms with Crippen molar-refractivity contribution >= 4 is 29.6 Å². The molecule has 0 aliphatic heterocycles. The molecule has 0 aromatic rings. The van der Waals surface area contributed by atoms with E-state index in [4.69, 9.17) is 26.8 Å². The number of amides is 4. The predicted octanol–water partition coefficient (Wildman–Crippen LogP) is -5.66. The number of carbonyl (C=O) groups is 5. The normalized spacial score (nSPS) is 13.9. The average molecular weight is 363 g/mol. The van der Waals surface area contributed by atoms with Crippen molar-refractivity contribution in [3.63, 3.8) is 0 Å². The number of nitrogens with two attached hydrogens (primary N) is 2. The molecular weight excluding hydrogens is 342 g/mol. The number of hydrogen-bond donors (Lipinski definition) is 8. The van der Waals surface area contributed by atoms with E-state index in [1.807, 2.05) is 5.32 Å². The Morgan fingerprint density at radius 2 is 1.52 bits per heavy atom. The Morgan fingerprint density at radius 1 is 0.920 bits per heavy atom. The van der Waals surface area contributed by atoms with Crippen molar-refractivity contribution in [1.82, 2.24) is 16.0 Å². The van der Waals surface area contributed by atoms with Crippen molar-refractivity contribution in [2.75, 3.05) is 19.8 Å². The van der Waals surface area contributed by atoms with Gasteiger partial charge in [-0.15, -0.1) is 0 Å². The van der Waals surface area contributed by atoms with Crippen LogP contribution in [0.2, 0.25) is 0 Å². The Bertz CT molecular complexity index is 526. The lowest BCUT2D eigenvalue weighted by molar-refractivity contribution is -0.143. The molecule has 0 saturated carbocycles. The number of carbonyl (C=O) groups excluding carboxylic acids is 4. The Labute approximate surface area is 141 Å². The first-order valence-electron chi connectivity index (χ1n) is 6.98. The van der Waals surface area contributed by atoms with Gasteiger partial charge in [-0.1, -0.05) is 0 Å². The number of rotatable bonds is 11. The van der Waals surface area contributed by atoms with Crippen molar-refractivity contribution in [2.45, 2.75) is 24.5 Å². The third kappa shape index (κ3) is 8.59. The summed E-state index contributed by atoms with van der Waals surface area (Å²) in [5.41, 5.74) is 10.2. The van der Waals surface area contributed by atoms with Crippen LogP contribution >= 0.6 is 0 Å². The fourth-order valence-electron chi connectivity index (χ4n) is 1.50. The highest BCUT2D eigenvalue weighted by molar-refractivity contribution is 5.94. The number of aliphatic hydroxyl groups excluding tert-OH is 2. The summed E-state index contributed by atoms with van der Waals surface area (Å²) >= 11 is 0. The van der Waals surface area contributed by atoms with Gasteiger partial charge in [-0.2, -0.15) is 0 Å². The largest absolute Gasteiger partial charge is 0.480 e. The molecule has 13 nitrogen and oxygen atoms in total. The number of carboxylic acids is 1. The summed E-state index contributed by atoms with van der Waals surface area (Å²) in [6, 6.07) is -4.39. The van der Waals surface area contributed by atoms with Crippen LogP contribution in [-0.2, 0) is 24.0 Å². The second-order valence-electron chi connectivity index (χ2n) is 4.88. The SMILES string of the molecule is NC(=O)CC(NC(=O)CNC(=O)C(N)CO)C(=O)NC(CO)C(=O)O. The lowest BCUT2D eigenvalue weighted by Crippen LogP contribution is -2.55. The second-order valence-corrected chi connectivity index (χ2v) is 4.88. The first-order chi connectivity index (χ1) is 11.6. The number of aliphatic hydroxyl groups is 2. The van der Waals surface area contributed by atoms with Gasteiger partial charge in [0.2, 0.25) is 23.6 Å². The van der Waals surface area contributed by atoms with E-state index in [1.165, 1.54) is 0 Å². The quantitative estimate of drug-likeness (QED) is 0.174. The molecule has 0 radical (unpaired) electrons. The molecule has 4 amide bonds. The van der Waals surface area contributed by atoms with E-state index in [2.05, 4.69) is 10.6 Å². The van der Waals surface area contributed by atoms with Crippen LogP contribution in [0.25, 0.3) is 0 Å². The number of hydrogen-bond acceptors (Lipinski definition) is 8. The van der Waals surface area contributed by atoms with Crippen LogP contribution in [0.5, 0.6) is 0 Å². The van der Waals surface area contributed by atoms with Gasteiger partial charge in [0.25, 0.3) is 0 Å². The van der Waals surface area contributed by atoms with Gasteiger partial charge < -0.3 is 42.7 Å². The maximum Gasteiger partial charge on any atom is 0.328 e. The van der Waals surface area contributed by atoms with Crippen LogP contribution in [0.4, 0.5) is 0 Å². The highest BCUT2D eigenvalue weighted by atomic mass is 16.4. The summed E-state index contributed by atoms with van der Waals surface area (Å²) in [6.07, 6.45) is -0.639. The van der Waals surface area contributed by atoms with Gasteiger partial charge in [0.1, 0.15) is 18.1 Å². The van der Waals surface area contributed by atoms with Crippen LogP contribution in [0.1, 0.15) is 6.42 Å². The van der Waals surface area contributed by atoms with Gasteiger partial charge in [0.05, 0.1) is 26.2 Å². The van der Waals surface area contributed by atoms with E-state index in [9.17, 15) is 24.0 Å². The van der Waals surface area contributed by atoms with E-state index < -0.39 is 73.9 Å². The minimum atomic E-state index is -1.64. The van der Waals surface area contributed by atoms with Gasteiger partial charge in [-0.25, -0.2) is 4.79 Å². The summed E-state index contributed by atoms with van der Waals surface area (Å²) in [6.45, 7) is -2.16. The van der Waals surface area contributed by atoms with Crippen LogP contribution < -0.4 is 27.4 Å². The monoisotopic (exact) mass is 363 g/mol. The maximum atomic E-state index is 11.9. The third-order valence-corrected chi connectivity index (χ3v) is 2.81. The van der Waals surface area contributed by atoms with E-state index in [0.29, 0.717) is 0 Å². The highest BCUT2D eigenvalue weighted by Gasteiger charge is 2.27. The van der Waals surface area contributed by atoms with Gasteiger partial charge >= 0.3 is 5.97 Å². The molecule has 0 bridgehead atoms. The summed E-state index contributed by atoms with van der Waals surface area (Å²) in [5, 5.41) is 32.4. The maximum absolute atomic E-state index is 11.9. The summed E-state index contributed by atoms with van der Waals surface area (Å²) in [4.78, 5) is 56.7. The number of carboxylic acid groups (broad SMARTS) is 1. The fourth-order valence-corrected chi connectivity index (χ4v) is 1.50. The highest BCUT2D eigenvalue weighted by Crippen LogP contribution is 1.95. The van der Waals surface area contributed by atoms with Crippen molar-refractivity contribution in [1.29, 1.82) is 0 Å². The lowest BCUT2D eigenvalue weighted by Gasteiger charge is -2.20. The van der Waals surface area contributed by atoms with Gasteiger partial charge in [0, 0.05) is 0 Å². The van der Waals surface area contributed by atoms with Gasteiger partial charge in [0.15, 0.2) is 0 Å². The number of primary amides is 1. The summed E-state index contributed by atoms with van der Waals surface area (Å²) in [7, 11) is 0. The molecule has 0 aliphatic carbocycles. The molecule has 142 valence electrons. The first-order valence-corrected chi connectivity index (χ1v) is 6.98. The molecule has 3 atom stereocenters. The average Bonchev–Trinajstić information content (AvgIpc) is 2.54. The molecule has 0 saturated heterocycles. The van der Waals surface area contributed by atoms with E-state index >= 15 is 0 Å². The van der Waals surface area contributed by atoms with Gasteiger partial charge in [-0.3, -0.25) is 19.2 Å². The standard InChI is InChI=1S/C12H21N5O8/c13-5(3-18)10(22)15-2-9(21)16-6(1-8(14)20)11(23)17-7(4-19)12(24)25/h5-7,18-19H,1-4,13H2,(H2,14,20)(H,15,22)(H,16,21)(H,17,23)(H,24,25). The zero-order chi connectivity index (χ0) is 19.6. The molecule has 0 spiro atoms. The van der Waals surface area contributed by atoms with Crippen molar-refractivity contribution < 1.29 is 39.3 Å². The molecule has 0 aromatic heterocycles. The molecule has 0 aromatic carbocycles. The smallest absolute Gasteiger partial charge is 0.328 e. The van der Waals surface area contributed by atoms with Gasteiger partial charge in [-0.05, 0) is 0 Å². The predicted molar refractivity (Wildman–Crippen MR) is 80.5 cm³/mol. The van der Waals surface area contributed by atoms with E-state index in [-0.39, 0.29) is 0 Å². The minimum Gasteiger partial charge on any atom is -0.480 e. The van der Waals surface area contributed by atoms with Crippen molar-refractivity contribution in [3.8, 4) is 0 Å². The van der Waals surface area contributed by atoms with Crippen LogP contribution in [0, 0.1) is 0 Å². The lowest BCUT2D eigenvalue weighted by atomic mass is 10.1. The molecule has 3 unspecified atom stereocenters. The Hall–Kier alpha value is -2.77. The van der Waals surface area contributed by atoms with Crippen LogP contribution in [0.15, 0.2) is 0 Å². The molecule has 10 N–H and O–H groups in total. The Morgan fingerprint density at radius 3 is 1.96 bits per heavy atom. The number of aliphatic carboxylic acids is 1. The molecule has 0 aliphatic rings. The third-order valence-electron chi connectivity index (χ3n) is 2.81. The molecule has 0 fully saturated rings. The zero-order valence-electron chi connectivity index (χ0n) is 13.1. The molecule has 0 heterocycles. The molecule has 25 heavy (non-hydrogen) atoms. The van der Waals surface area contributed by atoms with Crippen molar-refractivity contribution in [3.05, 3.63) is 0 Å². The summed E-state index contributed by atoms with van der Waals surface area (Å²) < 4.78 is 0. The molecule has 0 rings (SSSR count). The topological polar surface area (TPSA) is 234 Å². The zero-order valence-corrected chi connectivity index (χ0v) is 13.1. The number of nitrogens with one attached hydrogen (secondary N) is 3. The second kappa shape index (κ2) is 10.9. The van der Waals surface area contributed by atoms with E-state index in [0.717, 1.165) is 0 Å². The Kier molecular flexibility index (Phi) is 9.69. The Balaban J connectivity index is 4.78. The molecular formula is C12H21N5O8. The summed E-state index contributed by atoms with van der Waals surface area (Å²) in [5.74, 6) is -5.25. The molecule has 13 heteroatoms. The first kappa shape index (κ1) is 22.2. The minimum absolute atomic E-state index is 0.614. The van der Waals surface area contributed by atoms with E-state index in [1.54, 1.807) is 0 Å². The van der Waals surface area contributed by atoms with Crippen LogP contribution in [-0.4, -0.2) is 82.8 Å².